The average molecular weight is 430 g/mol. The average Bonchev–Trinajstić information content (AvgIpc) is 2.66. The number of rotatable bonds is 3. The van der Waals surface area contributed by atoms with Crippen LogP contribution in [0.3, 0.4) is 0 Å². The van der Waals surface area contributed by atoms with Crippen LogP contribution in [0.15, 0.2) is 60.7 Å². The van der Waals surface area contributed by atoms with Gasteiger partial charge in [-0.15, -0.1) is 0 Å². The van der Waals surface area contributed by atoms with Crippen molar-refractivity contribution in [2.75, 3.05) is 11.5 Å². The number of nitrogens with two attached hydrogens (primary N) is 2. The fraction of sp³-hybridized carbons (Fsp3) is 0.250. The van der Waals surface area contributed by atoms with Gasteiger partial charge in [-0.1, -0.05) is 57.2 Å². The summed E-state index contributed by atoms with van der Waals surface area (Å²) in [6, 6.07) is 13.2. The molecule has 0 unspecified atom stereocenters. The summed E-state index contributed by atoms with van der Waals surface area (Å²) in [6.45, 7) is 5.75. The molecule has 164 valence electrons. The molecule has 0 aliphatic heterocycles. The van der Waals surface area contributed by atoms with Crippen molar-refractivity contribution in [3.63, 3.8) is 0 Å². The van der Waals surface area contributed by atoms with Crippen molar-refractivity contribution < 1.29 is 23.4 Å². The van der Waals surface area contributed by atoms with Crippen LogP contribution in [-0.2, 0) is 10.8 Å². The minimum atomic E-state index is -4.81. The Morgan fingerprint density at radius 3 is 1.45 bits per heavy atom. The summed E-state index contributed by atoms with van der Waals surface area (Å²) in [5.41, 5.74) is 8.53. The van der Waals surface area contributed by atoms with Gasteiger partial charge in [-0.05, 0) is 51.9 Å². The highest BCUT2D eigenvalue weighted by atomic mass is 19.4. The van der Waals surface area contributed by atoms with Crippen molar-refractivity contribution >= 4 is 11.4 Å². The molecule has 0 aromatic heterocycles. The fourth-order valence-electron chi connectivity index (χ4n) is 3.79. The molecule has 0 aliphatic carbocycles. The van der Waals surface area contributed by atoms with Crippen LogP contribution in [0.1, 0.15) is 43.0 Å². The quantitative estimate of drug-likeness (QED) is 0.252. The molecule has 0 bridgehead atoms. The molecule has 0 fully saturated rings. The van der Waals surface area contributed by atoms with Crippen LogP contribution in [0, 0.1) is 0 Å². The SMILES string of the molecule is CC(C)(C)c1cccc(C(c2ccc(O)c(N)c2)(c2ccc(O)c(N)c2)C(F)(F)F)c1. The summed E-state index contributed by atoms with van der Waals surface area (Å²) in [7, 11) is 0. The Hall–Kier alpha value is -3.35. The van der Waals surface area contributed by atoms with E-state index in [2.05, 4.69) is 0 Å². The molecule has 3 aromatic rings. The van der Waals surface area contributed by atoms with Crippen LogP contribution in [0.2, 0.25) is 0 Å². The Kier molecular flexibility index (Phi) is 5.34. The van der Waals surface area contributed by atoms with Gasteiger partial charge in [-0.25, -0.2) is 0 Å². The number of alkyl halides is 3. The molecule has 31 heavy (non-hydrogen) atoms. The van der Waals surface area contributed by atoms with E-state index in [-0.39, 0.29) is 39.6 Å². The van der Waals surface area contributed by atoms with E-state index in [0.29, 0.717) is 0 Å². The number of aromatic hydroxyl groups is 2. The number of benzene rings is 3. The van der Waals surface area contributed by atoms with E-state index >= 15 is 13.2 Å². The second-order valence-electron chi connectivity index (χ2n) is 8.63. The molecule has 0 amide bonds. The Morgan fingerprint density at radius 1 is 0.645 bits per heavy atom. The number of halogens is 3. The molecule has 4 nitrogen and oxygen atoms in total. The second-order valence-corrected chi connectivity index (χ2v) is 8.63. The van der Waals surface area contributed by atoms with Crippen molar-refractivity contribution in [3.8, 4) is 11.5 Å². The zero-order valence-electron chi connectivity index (χ0n) is 17.5. The summed E-state index contributed by atoms with van der Waals surface area (Å²) in [4.78, 5) is 0. The standard InChI is InChI=1S/C24H25F3N2O2/c1-22(2,3)14-5-4-6-15(11-14)23(24(25,26)27,16-7-9-20(30)18(28)12-16)17-8-10-21(31)19(29)13-17/h4-13,30-31H,28-29H2,1-3H3. The first-order valence-corrected chi connectivity index (χ1v) is 9.64. The van der Waals surface area contributed by atoms with Gasteiger partial charge < -0.3 is 21.7 Å². The smallest absolute Gasteiger partial charge is 0.406 e. The van der Waals surface area contributed by atoms with Gasteiger partial charge in [0.2, 0.25) is 0 Å². The van der Waals surface area contributed by atoms with Gasteiger partial charge in [0.1, 0.15) is 16.9 Å². The van der Waals surface area contributed by atoms with Crippen LogP contribution in [0.25, 0.3) is 0 Å². The first kappa shape index (κ1) is 22.3. The third-order valence-corrected chi connectivity index (χ3v) is 5.51. The van der Waals surface area contributed by atoms with E-state index in [1.54, 1.807) is 12.1 Å². The highest BCUT2D eigenvalue weighted by Gasteiger charge is 2.58. The van der Waals surface area contributed by atoms with E-state index in [4.69, 9.17) is 11.5 Å². The topological polar surface area (TPSA) is 92.5 Å². The van der Waals surface area contributed by atoms with E-state index in [1.165, 1.54) is 24.3 Å². The van der Waals surface area contributed by atoms with Gasteiger partial charge in [-0.2, -0.15) is 13.2 Å². The van der Waals surface area contributed by atoms with Crippen LogP contribution in [0.5, 0.6) is 11.5 Å². The van der Waals surface area contributed by atoms with E-state index < -0.39 is 17.0 Å². The van der Waals surface area contributed by atoms with Gasteiger partial charge in [0.25, 0.3) is 0 Å². The van der Waals surface area contributed by atoms with Crippen LogP contribution >= 0.6 is 0 Å². The number of nitrogen functional groups attached to an aromatic ring is 2. The van der Waals surface area contributed by atoms with Crippen LogP contribution < -0.4 is 11.5 Å². The summed E-state index contributed by atoms with van der Waals surface area (Å²) in [5.74, 6) is -0.623. The van der Waals surface area contributed by atoms with Crippen molar-refractivity contribution in [2.24, 2.45) is 0 Å². The lowest BCUT2D eigenvalue weighted by Gasteiger charge is -2.38. The molecule has 0 saturated heterocycles. The summed E-state index contributed by atoms with van der Waals surface area (Å²) in [6.07, 6.45) is -4.81. The van der Waals surface area contributed by atoms with Crippen LogP contribution in [0.4, 0.5) is 24.5 Å². The lowest BCUT2D eigenvalue weighted by molar-refractivity contribution is -0.166. The highest BCUT2D eigenvalue weighted by Crippen LogP contribution is 2.53. The molecule has 0 saturated carbocycles. The normalized spacial score (nSPS) is 12.7. The number of hydrogen-bond donors (Lipinski definition) is 4. The maximum atomic E-state index is 15.1. The lowest BCUT2D eigenvalue weighted by Crippen LogP contribution is -2.44. The highest BCUT2D eigenvalue weighted by molar-refractivity contribution is 5.64. The monoisotopic (exact) mass is 430 g/mol. The predicted octanol–water partition coefficient (Wildman–Crippen LogP) is 5.46. The lowest BCUT2D eigenvalue weighted by atomic mass is 9.67. The van der Waals surface area contributed by atoms with E-state index in [1.807, 2.05) is 20.8 Å². The van der Waals surface area contributed by atoms with Gasteiger partial charge in [0.05, 0.1) is 11.4 Å². The fourth-order valence-corrected chi connectivity index (χ4v) is 3.79. The number of hydrogen-bond acceptors (Lipinski definition) is 4. The van der Waals surface area contributed by atoms with Gasteiger partial charge in [0.15, 0.2) is 0 Å². The van der Waals surface area contributed by atoms with Crippen molar-refractivity contribution in [1.82, 2.24) is 0 Å². The maximum Gasteiger partial charge on any atom is 0.406 e. The zero-order chi connectivity index (χ0) is 23.2. The predicted molar refractivity (Wildman–Crippen MR) is 116 cm³/mol. The van der Waals surface area contributed by atoms with Crippen LogP contribution in [-0.4, -0.2) is 16.4 Å². The number of anilines is 2. The Bertz CT molecular complexity index is 1070. The summed E-state index contributed by atoms with van der Waals surface area (Å²) >= 11 is 0. The Balaban J connectivity index is 2.49. The third kappa shape index (κ3) is 3.76. The first-order chi connectivity index (χ1) is 14.3. The second kappa shape index (κ2) is 7.41. The molecule has 6 N–H and O–H groups in total. The first-order valence-electron chi connectivity index (χ1n) is 9.64. The zero-order valence-corrected chi connectivity index (χ0v) is 17.5. The number of phenolic OH excluding ortho intramolecular Hbond substituents is 2. The molecule has 3 rings (SSSR count). The molecular formula is C24H25F3N2O2. The van der Waals surface area contributed by atoms with Gasteiger partial charge in [-0.3, -0.25) is 0 Å². The molecule has 7 heteroatoms. The molecule has 0 radical (unpaired) electrons. The molecule has 0 spiro atoms. The Labute approximate surface area is 179 Å². The van der Waals surface area contributed by atoms with Crippen molar-refractivity contribution in [3.05, 3.63) is 82.9 Å². The van der Waals surface area contributed by atoms with E-state index in [9.17, 15) is 10.2 Å². The maximum absolute atomic E-state index is 15.1. The van der Waals surface area contributed by atoms with E-state index in [0.717, 1.165) is 29.8 Å². The largest absolute Gasteiger partial charge is 0.506 e. The summed E-state index contributed by atoms with van der Waals surface area (Å²) < 4.78 is 45.4. The minimum Gasteiger partial charge on any atom is -0.506 e. The molecule has 0 atom stereocenters. The summed E-state index contributed by atoms with van der Waals surface area (Å²) in [5, 5.41) is 19.7. The molecule has 3 aromatic carbocycles. The molecule has 0 aliphatic rings. The van der Waals surface area contributed by atoms with Crippen molar-refractivity contribution in [2.45, 2.75) is 37.8 Å². The molecular weight excluding hydrogens is 405 g/mol. The molecule has 0 heterocycles. The number of phenols is 2. The van der Waals surface area contributed by atoms with Gasteiger partial charge >= 0.3 is 6.18 Å². The minimum absolute atomic E-state index is 0.0254. The van der Waals surface area contributed by atoms with Crippen molar-refractivity contribution in [1.29, 1.82) is 0 Å². The van der Waals surface area contributed by atoms with Gasteiger partial charge in [0, 0.05) is 0 Å². The third-order valence-electron chi connectivity index (χ3n) is 5.51. The Morgan fingerprint density at radius 2 is 1.06 bits per heavy atom.